The van der Waals surface area contributed by atoms with Crippen LogP contribution in [0.4, 0.5) is 0 Å². The lowest BCUT2D eigenvalue weighted by Gasteiger charge is -2.13. The van der Waals surface area contributed by atoms with Gasteiger partial charge in [0.15, 0.2) is 0 Å². The van der Waals surface area contributed by atoms with Crippen molar-refractivity contribution in [2.75, 3.05) is 0 Å². The molecular formula is C20H27NO5S. The monoisotopic (exact) mass is 393 g/mol. The third kappa shape index (κ3) is 11.2. The molecule has 0 bridgehead atoms. The zero-order valence-electron chi connectivity index (χ0n) is 15.6. The Bertz CT molecular complexity index is 777. The Labute approximate surface area is 161 Å². The molecule has 0 radical (unpaired) electrons. The van der Waals surface area contributed by atoms with Gasteiger partial charge in [0.1, 0.15) is 18.4 Å². The van der Waals surface area contributed by atoms with Gasteiger partial charge in [-0.1, -0.05) is 74.5 Å². The Morgan fingerprint density at radius 2 is 1.48 bits per heavy atom. The summed E-state index contributed by atoms with van der Waals surface area (Å²) in [5.74, 6) is -0.231. The van der Waals surface area contributed by atoms with Gasteiger partial charge in [-0.3, -0.25) is 9.35 Å². The van der Waals surface area contributed by atoms with Crippen LogP contribution in [0.1, 0.15) is 31.4 Å². The van der Waals surface area contributed by atoms with Crippen molar-refractivity contribution in [1.82, 2.24) is 0 Å². The van der Waals surface area contributed by atoms with Crippen molar-refractivity contribution in [3.05, 3.63) is 71.8 Å². The topological polar surface area (TPSA) is 107 Å². The van der Waals surface area contributed by atoms with Crippen LogP contribution in [0.5, 0.6) is 0 Å². The average Bonchev–Trinajstić information content (AvgIpc) is 2.60. The second-order valence-corrected chi connectivity index (χ2v) is 7.99. The summed E-state index contributed by atoms with van der Waals surface area (Å²) >= 11 is 0. The minimum Gasteiger partial charge on any atom is -0.460 e. The molecule has 2 rings (SSSR count). The van der Waals surface area contributed by atoms with E-state index in [0.717, 1.165) is 5.56 Å². The number of hydrogen-bond donors (Lipinski definition) is 2. The largest absolute Gasteiger partial charge is 0.460 e. The predicted octanol–water partition coefficient (Wildman–Crippen LogP) is 3.18. The molecule has 27 heavy (non-hydrogen) atoms. The second kappa shape index (κ2) is 11.5. The number of carbonyl (C=O) groups is 1. The third-order valence-electron chi connectivity index (χ3n) is 3.44. The molecule has 0 spiro atoms. The first-order chi connectivity index (χ1) is 12.7. The summed E-state index contributed by atoms with van der Waals surface area (Å²) < 4.78 is 34.3. The van der Waals surface area contributed by atoms with Crippen molar-refractivity contribution < 1.29 is 22.5 Å². The molecule has 0 aliphatic carbocycles. The van der Waals surface area contributed by atoms with E-state index in [0.29, 0.717) is 24.5 Å². The van der Waals surface area contributed by atoms with Crippen LogP contribution in [0, 0.1) is 5.92 Å². The Hall–Kier alpha value is -2.22. The number of nitrogens with two attached hydrogens (primary N) is 1. The number of esters is 1. The highest BCUT2D eigenvalue weighted by Crippen LogP contribution is 2.06. The van der Waals surface area contributed by atoms with Gasteiger partial charge in [-0.15, -0.1) is 0 Å². The van der Waals surface area contributed by atoms with E-state index in [1.54, 1.807) is 30.3 Å². The van der Waals surface area contributed by atoms with Gasteiger partial charge in [0.2, 0.25) is 0 Å². The summed E-state index contributed by atoms with van der Waals surface area (Å²) in [5.41, 5.74) is 7.28. The molecule has 0 saturated heterocycles. The van der Waals surface area contributed by atoms with Gasteiger partial charge in [0, 0.05) is 0 Å². The maximum Gasteiger partial charge on any atom is 0.323 e. The zero-order valence-corrected chi connectivity index (χ0v) is 16.4. The van der Waals surface area contributed by atoms with Crippen LogP contribution in [-0.4, -0.2) is 25.0 Å². The maximum absolute atomic E-state index is 11.5. The molecule has 2 aromatic rings. The van der Waals surface area contributed by atoms with Gasteiger partial charge in [0.25, 0.3) is 10.1 Å². The van der Waals surface area contributed by atoms with Crippen LogP contribution in [0.3, 0.4) is 0 Å². The molecule has 0 unspecified atom stereocenters. The Morgan fingerprint density at radius 3 is 1.93 bits per heavy atom. The molecule has 1 atom stereocenters. The summed E-state index contributed by atoms with van der Waals surface area (Å²) in [5, 5.41) is 0. The summed E-state index contributed by atoms with van der Waals surface area (Å²) in [6.07, 6.45) is 0.660. The molecule has 3 N–H and O–H groups in total. The SMILES string of the molecule is CC(C)C[C@H](N)C(=O)OCc1ccccc1.O=S(=O)(O)Cc1ccccc1. The first-order valence-corrected chi connectivity index (χ1v) is 10.2. The minimum atomic E-state index is -3.88. The lowest BCUT2D eigenvalue weighted by Crippen LogP contribution is -2.33. The fourth-order valence-electron chi connectivity index (χ4n) is 2.22. The molecule has 6 nitrogen and oxygen atoms in total. The predicted molar refractivity (Wildman–Crippen MR) is 105 cm³/mol. The van der Waals surface area contributed by atoms with Crippen LogP contribution in [0.2, 0.25) is 0 Å². The van der Waals surface area contributed by atoms with E-state index in [-0.39, 0.29) is 11.7 Å². The van der Waals surface area contributed by atoms with Crippen LogP contribution in [0.25, 0.3) is 0 Å². The fourth-order valence-corrected chi connectivity index (χ4v) is 2.84. The summed E-state index contributed by atoms with van der Waals surface area (Å²) in [6.45, 7) is 4.36. The second-order valence-electron chi connectivity index (χ2n) is 6.54. The zero-order chi connectivity index (χ0) is 20.3. The highest BCUT2D eigenvalue weighted by atomic mass is 32.2. The molecular weight excluding hydrogens is 366 g/mol. The van der Waals surface area contributed by atoms with Gasteiger partial charge >= 0.3 is 5.97 Å². The van der Waals surface area contributed by atoms with Crippen LogP contribution in [0.15, 0.2) is 60.7 Å². The van der Waals surface area contributed by atoms with Crippen molar-refractivity contribution in [2.24, 2.45) is 11.7 Å². The molecule has 7 heteroatoms. The van der Waals surface area contributed by atoms with E-state index in [1.807, 2.05) is 44.2 Å². The summed E-state index contributed by atoms with van der Waals surface area (Å²) in [7, 11) is -3.88. The maximum atomic E-state index is 11.5. The molecule has 148 valence electrons. The molecule has 0 aromatic heterocycles. The van der Waals surface area contributed by atoms with E-state index in [2.05, 4.69) is 0 Å². The van der Waals surface area contributed by atoms with Crippen LogP contribution in [-0.2, 0) is 32.0 Å². The molecule has 2 aromatic carbocycles. The van der Waals surface area contributed by atoms with Gasteiger partial charge in [-0.05, 0) is 23.5 Å². The normalized spacial score (nSPS) is 12.0. The number of benzene rings is 2. The number of hydrogen-bond acceptors (Lipinski definition) is 5. The smallest absolute Gasteiger partial charge is 0.323 e. The fraction of sp³-hybridized carbons (Fsp3) is 0.350. The molecule has 0 heterocycles. The van der Waals surface area contributed by atoms with Crippen LogP contribution < -0.4 is 5.73 Å². The third-order valence-corrected chi connectivity index (χ3v) is 4.14. The Balaban J connectivity index is 0.000000289. The number of ether oxygens (including phenoxy) is 1. The van der Waals surface area contributed by atoms with E-state index < -0.39 is 16.2 Å². The van der Waals surface area contributed by atoms with Crippen molar-refractivity contribution in [2.45, 2.75) is 38.7 Å². The number of rotatable bonds is 7. The van der Waals surface area contributed by atoms with Crippen molar-refractivity contribution in [3.8, 4) is 0 Å². The van der Waals surface area contributed by atoms with E-state index in [4.69, 9.17) is 15.0 Å². The van der Waals surface area contributed by atoms with Crippen molar-refractivity contribution in [3.63, 3.8) is 0 Å². The van der Waals surface area contributed by atoms with Gasteiger partial charge in [-0.2, -0.15) is 8.42 Å². The van der Waals surface area contributed by atoms with Gasteiger partial charge in [-0.25, -0.2) is 0 Å². The summed E-state index contributed by atoms with van der Waals surface area (Å²) in [4.78, 5) is 11.5. The Kier molecular flexibility index (Phi) is 9.71. The highest BCUT2D eigenvalue weighted by molar-refractivity contribution is 7.85. The highest BCUT2D eigenvalue weighted by Gasteiger charge is 2.16. The average molecular weight is 394 g/mol. The van der Waals surface area contributed by atoms with E-state index in [9.17, 15) is 13.2 Å². The van der Waals surface area contributed by atoms with Gasteiger partial charge in [0.05, 0.1) is 0 Å². The first kappa shape index (κ1) is 22.8. The number of carbonyl (C=O) groups excluding carboxylic acids is 1. The van der Waals surface area contributed by atoms with E-state index in [1.165, 1.54) is 0 Å². The molecule has 0 aliphatic rings. The lowest BCUT2D eigenvalue weighted by atomic mass is 10.1. The molecule has 0 saturated carbocycles. The quantitative estimate of drug-likeness (QED) is 0.553. The molecule has 0 aliphatic heterocycles. The molecule has 0 amide bonds. The van der Waals surface area contributed by atoms with Crippen LogP contribution >= 0.6 is 0 Å². The first-order valence-electron chi connectivity index (χ1n) is 8.62. The van der Waals surface area contributed by atoms with Crippen molar-refractivity contribution >= 4 is 16.1 Å². The molecule has 0 fully saturated rings. The lowest BCUT2D eigenvalue weighted by molar-refractivity contribution is -0.146. The van der Waals surface area contributed by atoms with E-state index >= 15 is 0 Å². The minimum absolute atomic E-state index is 0.297. The van der Waals surface area contributed by atoms with Gasteiger partial charge < -0.3 is 10.5 Å². The standard InChI is InChI=1S/C13H19NO2.C7H8O3S/c1-10(2)8-12(14)13(15)16-9-11-6-4-3-5-7-11;8-11(9,10)6-7-4-2-1-3-5-7/h3-7,10,12H,8-9,14H2,1-2H3;1-5H,6H2,(H,8,9,10)/t12-;/m0./s1. The Morgan fingerprint density at radius 1 is 1.00 bits per heavy atom. The van der Waals surface area contributed by atoms with Crippen molar-refractivity contribution in [1.29, 1.82) is 0 Å². The summed E-state index contributed by atoms with van der Waals surface area (Å²) in [6, 6.07) is 17.6.